The van der Waals surface area contributed by atoms with E-state index >= 15 is 0 Å². The molecule has 0 aliphatic rings. The smallest absolute Gasteiger partial charge is 0.115 e. The van der Waals surface area contributed by atoms with Crippen LogP contribution in [0, 0.1) is 0 Å². The van der Waals surface area contributed by atoms with Gasteiger partial charge in [0.2, 0.25) is 0 Å². The number of aromatic hydroxyl groups is 1. The first-order valence-electron chi connectivity index (χ1n) is 7.61. The Morgan fingerprint density at radius 3 is 2.17 bits per heavy atom. The van der Waals surface area contributed by atoms with Gasteiger partial charge in [-0.05, 0) is 44.8 Å². The second kappa shape index (κ2) is 5.41. The van der Waals surface area contributed by atoms with Crippen molar-refractivity contribution in [3.05, 3.63) is 90.0 Å². The highest BCUT2D eigenvalue weighted by Gasteiger charge is 2.14. The zero-order valence-corrected chi connectivity index (χ0v) is 12.5. The van der Waals surface area contributed by atoms with Gasteiger partial charge < -0.3 is 10.2 Å². The summed E-state index contributed by atoms with van der Waals surface area (Å²) in [5.41, 5.74) is 1.64. The van der Waals surface area contributed by atoms with Crippen molar-refractivity contribution in [3.8, 4) is 5.75 Å². The van der Waals surface area contributed by atoms with Crippen molar-refractivity contribution in [1.29, 1.82) is 0 Å². The van der Waals surface area contributed by atoms with Crippen LogP contribution in [0.25, 0.3) is 21.5 Å². The molecule has 0 bridgehead atoms. The van der Waals surface area contributed by atoms with E-state index < -0.39 is 6.10 Å². The van der Waals surface area contributed by atoms with Crippen LogP contribution in [0.15, 0.2) is 78.9 Å². The highest BCUT2D eigenvalue weighted by Crippen LogP contribution is 2.33. The number of rotatable bonds is 2. The van der Waals surface area contributed by atoms with E-state index in [1.807, 2.05) is 24.3 Å². The number of hydrogen-bond acceptors (Lipinski definition) is 2. The molecule has 0 radical (unpaired) electrons. The summed E-state index contributed by atoms with van der Waals surface area (Å²) in [7, 11) is 0. The van der Waals surface area contributed by atoms with Crippen LogP contribution < -0.4 is 0 Å². The predicted octanol–water partition coefficient (Wildman–Crippen LogP) is 4.78. The minimum absolute atomic E-state index is 0.199. The van der Waals surface area contributed by atoms with E-state index in [4.69, 9.17) is 0 Å². The summed E-state index contributed by atoms with van der Waals surface area (Å²) in [4.78, 5) is 0. The molecular formula is C21H16O2. The molecule has 0 heterocycles. The lowest BCUT2D eigenvalue weighted by Crippen LogP contribution is -2.00. The first kappa shape index (κ1) is 13.8. The molecule has 0 spiro atoms. The van der Waals surface area contributed by atoms with E-state index in [1.54, 1.807) is 24.3 Å². The van der Waals surface area contributed by atoms with E-state index in [2.05, 4.69) is 30.3 Å². The molecule has 0 aliphatic heterocycles. The topological polar surface area (TPSA) is 40.5 Å². The Labute approximate surface area is 134 Å². The van der Waals surface area contributed by atoms with Gasteiger partial charge in [-0.25, -0.2) is 0 Å². The van der Waals surface area contributed by atoms with E-state index in [9.17, 15) is 10.2 Å². The average Bonchev–Trinajstić information content (AvgIpc) is 2.61. The van der Waals surface area contributed by atoms with Crippen molar-refractivity contribution < 1.29 is 10.2 Å². The zero-order valence-electron chi connectivity index (χ0n) is 12.5. The molecule has 4 aromatic rings. The molecule has 0 saturated carbocycles. The van der Waals surface area contributed by atoms with Gasteiger partial charge in [0, 0.05) is 0 Å². The summed E-state index contributed by atoms with van der Waals surface area (Å²) >= 11 is 0. The van der Waals surface area contributed by atoms with Gasteiger partial charge in [-0.3, -0.25) is 0 Å². The van der Waals surface area contributed by atoms with Gasteiger partial charge in [0.25, 0.3) is 0 Å². The van der Waals surface area contributed by atoms with Crippen LogP contribution in [0.5, 0.6) is 5.75 Å². The Kier molecular flexibility index (Phi) is 3.25. The third-order valence-corrected chi connectivity index (χ3v) is 4.32. The Hall–Kier alpha value is -2.84. The molecule has 0 aliphatic carbocycles. The van der Waals surface area contributed by atoms with E-state index in [-0.39, 0.29) is 5.75 Å². The van der Waals surface area contributed by atoms with Gasteiger partial charge in [0.1, 0.15) is 11.9 Å². The Bertz CT molecular complexity index is 987. The van der Waals surface area contributed by atoms with E-state index in [0.717, 1.165) is 21.9 Å². The van der Waals surface area contributed by atoms with Crippen LogP contribution in [0.3, 0.4) is 0 Å². The lowest BCUT2D eigenvalue weighted by atomic mass is 9.93. The maximum atomic E-state index is 10.8. The van der Waals surface area contributed by atoms with Gasteiger partial charge in [-0.2, -0.15) is 0 Å². The molecule has 0 amide bonds. The predicted molar refractivity (Wildman–Crippen MR) is 93.6 cm³/mol. The molecule has 4 aromatic carbocycles. The SMILES string of the molecule is Oc1ccc(C(O)c2cccc3c2ccc2ccccc23)cc1. The average molecular weight is 300 g/mol. The molecule has 1 atom stereocenters. The largest absolute Gasteiger partial charge is 0.508 e. The molecule has 2 nitrogen and oxygen atoms in total. The third kappa shape index (κ3) is 2.33. The lowest BCUT2D eigenvalue weighted by Gasteiger charge is -2.15. The number of hydrogen-bond donors (Lipinski definition) is 2. The van der Waals surface area contributed by atoms with E-state index in [1.165, 1.54) is 10.8 Å². The van der Waals surface area contributed by atoms with Crippen molar-refractivity contribution in [1.82, 2.24) is 0 Å². The highest BCUT2D eigenvalue weighted by molar-refractivity contribution is 6.08. The fourth-order valence-electron chi connectivity index (χ4n) is 3.14. The summed E-state index contributed by atoms with van der Waals surface area (Å²) in [5.74, 6) is 0.199. The second-order valence-corrected chi connectivity index (χ2v) is 5.72. The first-order valence-corrected chi connectivity index (χ1v) is 7.61. The van der Waals surface area contributed by atoms with Crippen molar-refractivity contribution in [2.75, 3.05) is 0 Å². The minimum atomic E-state index is -0.722. The lowest BCUT2D eigenvalue weighted by molar-refractivity contribution is 0.222. The van der Waals surface area contributed by atoms with Gasteiger partial charge in [0.05, 0.1) is 0 Å². The molecule has 4 rings (SSSR count). The third-order valence-electron chi connectivity index (χ3n) is 4.32. The Morgan fingerprint density at radius 1 is 0.609 bits per heavy atom. The molecule has 1 unspecified atom stereocenters. The Balaban J connectivity index is 1.93. The maximum absolute atomic E-state index is 10.8. The van der Waals surface area contributed by atoms with Gasteiger partial charge in [-0.15, -0.1) is 0 Å². The van der Waals surface area contributed by atoms with Gasteiger partial charge in [-0.1, -0.05) is 66.7 Å². The quantitative estimate of drug-likeness (QED) is 0.523. The van der Waals surface area contributed by atoms with Crippen molar-refractivity contribution in [3.63, 3.8) is 0 Å². The molecule has 0 aromatic heterocycles. The number of phenolic OH excluding ortho intramolecular Hbond substituents is 1. The molecule has 2 heteroatoms. The first-order chi connectivity index (χ1) is 11.2. The minimum Gasteiger partial charge on any atom is -0.508 e. The normalized spacial score (nSPS) is 12.6. The number of aliphatic hydroxyl groups is 1. The van der Waals surface area contributed by atoms with Crippen LogP contribution >= 0.6 is 0 Å². The maximum Gasteiger partial charge on any atom is 0.115 e. The second-order valence-electron chi connectivity index (χ2n) is 5.72. The van der Waals surface area contributed by atoms with Crippen LogP contribution in [0.1, 0.15) is 17.2 Å². The van der Waals surface area contributed by atoms with Crippen molar-refractivity contribution in [2.24, 2.45) is 0 Å². The molecule has 2 N–H and O–H groups in total. The summed E-state index contributed by atoms with van der Waals surface area (Å²) < 4.78 is 0. The molecule has 0 saturated heterocycles. The Morgan fingerprint density at radius 2 is 1.35 bits per heavy atom. The van der Waals surface area contributed by atoms with Crippen LogP contribution in [0.4, 0.5) is 0 Å². The van der Waals surface area contributed by atoms with Crippen molar-refractivity contribution in [2.45, 2.75) is 6.10 Å². The molecular weight excluding hydrogens is 284 g/mol. The summed E-state index contributed by atoms with van der Waals surface area (Å²) in [6.07, 6.45) is -0.722. The summed E-state index contributed by atoms with van der Waals surface area (Å²) in [6.45, 7) is 0. The molecule has 112 valence electrons. The zero-order chi connectivity index (χ0) is 15.8. The standard InChI is InChI=1S/C21H16O2/c22-16-11-8-15(9-12-16)21(23)20-7-3-6-18-17-5-2-1-4-14(17)10-13-19(18)20/h1-13,21-23H. The highest BCUT2D eigenvalue weighted by atomic mass is 16.3. The number of aliphatic hydroxyl groups excluding tert-OH is 1. The fourth-order valence-corrected chi connectivity index (χ4v) is 3.14. The monoisotopic (exact) mass is 300 g/mol. The summed E-state index contributed by atoms with van der Waals surface area (Å²) in [6, 6.07) is 25.1. The fraction of sp³-hybridized carbons (Fsp3) is 0.0476. The van der Waals surface area contributed by atoms with Gasteiger partial charge in [0.15, 0.2) is 0 Å². The van der Waals surface area contributed by atoms with E-state index in [0.29, 0.717) is 0 Å². The van der Waals surface area contributed by atoms with Crippen LogP contribution in [0.2, 0.25) is 0 Å². The number of benzene rings is 4. The van der Waals surface area contributed by atoms with Crippen molar-refractivity contribution >= 4 is 21.5 Å². The molecule has 0 fully saturated rings. The van der Waals surface area contributed by atoms with Crippen LogP contribution in [-0.2, 0) is 0 Å². The number of fused-ring (bicyclic) bond motifs is 3. The number of phenols is 1. The molecule has 23 heavy (non-hydrogen) atoms. The van der Waals surface area contributed by atoms with Gasteiger partial charge >= 0.3 is 0 Å². The summed E-state index contributed by atoms with van der Waals surface area (Å²) in [5, 5.41) is 24.8. The van der Waals surface area contributed by atoms with Crippen LogP contribution in [-0.4, -0.2) is 10.2 Å².